The van der Waals surface area contributed by atoms with Crippen LogP contribution in [0.1, 0.15) is 43.3 Å². The second kappa shape index (κ2) is 10.3. The number of hydrogen-bond acceptors (Lipinski definition) is 6. The van der Waals surface area contributed by atoms with Gasteiger partial charge in [-0.2, -0.15) is 0 Å². The Morgan fingerprint density at radius 1 is 1.06 bits per heavy atom. The first-order valence-corrected chi connectivity index (χ1v) is 12.2. The number of carbonyl (C=O) groups excluding carboxylic acids is 1. The molecule has 1 amide bonds. The lowest BCUT2D eigenvalue weighted by atomic mass is 9.95. The molecule has 1 N–H and O–H groups in total. The first-order valence-electron chi connectivity index (χ1n) is 11.2. The van der Waals surface area contributed by atoms with E-state index in [9.17, 15) is 4.79 Å². The molecular weight excluding hydrogens is 436 g/mol. The molecule has 0 aliphatic carbocycles. The van der Waals surface area contributed by atoms with E-state index in [1.165, 1.54) is 17.3 Å². The third kappa shape index (κ3) is 5.50. The van der Waals surface area contributed by atoms with E-state index in [2.05, 4.69) is 48.4 Å². The van der Waals surface area contributed by atoms with Gasteiger partial charge >= 0.3 is 0 Å². The molecule has 8 heteroatoms. The van der Waals surface area contributed by atoms with Crippen molar-refractivity contribution in [3.8, 4) is 17.2 Å². The number of amides is 1. The van der Waals surface area contributed by atoms with Gasteiger partial charge in [0.05, 0.1) is 25.0 Å². The first-order chi connectivity index (χ1) is 15.9. The van der Waals surface area contributed by atoms with Crippen molar-refractivity contribution in [3.63, 3.8) is 0 Å². The maximum absolute atomic E-state index is 12.9. The second-order valence-electron chi connectivity index (χ2n) is 8.54. The van der Waals surface area contributed by atoms with Crippen LogP contribution in [0.5, 0.6) is 11.5 Å². The lowest BCUT2D eigenvalue weighted by Crippen LogP contribution is -2.33. The predicted octanol–water partition coefficient (Wildman–Crippen LogP) is 4.65. The maximum Gasteiger partial charge on any atom is 0.230 e. The molecule has 0 saturated carbocycles. The summed E-state index contributed by atoms with van der Waals surface area (Å²) in [6, 6.07) is 14.0. The molecule has 33 heavy (non-hydrogen) atoms. The van der Waals surface area contributed by atoms with Crippen LogP contribution in [-0.2, 0) is 4.79 Å². The molecule has 0 radical (unpaired) electrons. The number of aryl methyl sites for hydroxylation is 2. The van der Waals surface area contributed by atoms with E-state index in [0.29, 0.717) is 18.4 Å². The summed E-state index contributed by atoms with van der Waals surface area (Å²) in [5.41, 5.74) is 3.18. The first kappa shape index (κ1) is 23.2. The molecule has 1 aliphatic heterocycles. The smallest absolute Gasteiger partial charge is 0.230 e. The SMILES string of the molecule is Cc1ccc(-n2c(C)nnc2SCC(=O)NC(c2ccc3c(c2)OCCCO3)C(C)C)cc1. The van der Waals surface area contributed by atoms with Gasteiger partial charge in [0, 0.05) is 12.1 Å². The van der Waals surface area contributed by atoms with E-state index in [1.807, 2.05) is 41.8 Å². The van der Waals surface area contributed by atoms with Crippen LogP contribution in [0.2, 0.25) is 0 Å². The Bertz CT molecular complexity index is 1110. The number of nitrogens with zero attached hydrogens (tertiary/aromatic N) is 3. The minimum Gasteiger partial charge on any atom is -0.490 e. The van der Waals surface area contributed by atoms with E-state index in [0.717, 1.165) is 35.0 Å². The summed E-state index contributed by atoms with van der Waals surface area (Å²) in [5, 5.41) is 12.4. The fourth-order valence-corrected chi connectivity index (χ4v) is 4.59. The Hall–Kier alpha value is -3.00. The summed E-state index contributed by atoms with van der Waals surface area (Å²) >= 11 is 1.38. The fourth-order valence-electron chi connectivity index (χ4n) is 3.78. The van der Waals surface area contributed by atoms with Gasteiger partial charge in [0.15, 0.2) is 16.7 Å². The molecular formula is C25H30N4O3S. The Balaban J connectivity index is 1.45. The highest BCUT2D eigenvalue weighted by Crippen LogP contribution is 2.34. The zero-order chi connectivity index (χ0) is 23.4. The molecule has 1 aliphatic rings. The van der Waals surface area contributed by atoms with Crippen molar-refractivity contribution in [2.45, 2.75) is 45.3 Å². The van der Waals surface area contributed by atoms with E-state index in [-0.39, 0.29) is 23.6 Å². The highest BCUT2D eigenvalue weighted by atomic mass is 32.2. The lowest BCUT2D eigenvalue weighted by Gasteiger charge is -2.24. The number of aromatic nitrogens is 3. The molecule has 1 unspecified atom stereocenters. The van der Waals surface area contributed by atoms with Gasteiger partial charge in [-0.1, -0.05) is 49.4 Å². The quantitative estimate of drug-likeness (QED) is 0.511. The van der Waals surface area contributed by atoms with Crippen LogP contribution >= 0.6 is 11.8 Å². The number of fused-ring (bicyclic) bond motifs is 1. The van der Waals surface area contributed by atoms with Crippen molar-refractivity contribution in [1.82, 2.24) is 20.1 Å². The van der Waals surface area contributed by atoms with Crippen molar-refractivity contribution in [2.75, 3.05) is 19.0 Å². The average molecular weight is 467 g/mol. The van der Waals surface area contributed by atoms with Gasteiger partial charge in [0.1, 0.15) is 5.82 Å². The van der Waals surface area contributed by atoms with Gasteiger partial charge in [-0.15, -0.1) is 10.2 Å². The summed E-state index contributed by atoms with van der Waals surface area (Å²) < 4.78 is 13.5. The maximum atomic E-state index is 12.9. The van der Waals surface area contributed by atoms with E-state index < -0.39 is 0 Å². The molecule has 3 aromatic rings. The Kier molecular flexibility index (Phi) is 7.23. The number of thioether (sulfide) groups is 1. The molecule has 1 aromatic heterocycles. The third-order valence-electron chi connectivity index (χ3n) is 5.53. The molecule has 0 spiro atoms. The van der Waals surface area contributed by atoms with Gasteiger partial charge in [0.25, 0.3) is 0 Å². The van der Waals surface area contributed by atoms with Gasteiger partial charge in [-0.3, -0.25) is 9.36 Å². The number of ether oxygens (including phenoxy) is 2. The standard InChI is InChI=1S/C25H30N4O3S/c1-16(2)24(19-8-11-21-22(14-19)32-13-5-12-31-21)26-23(30)15-33-25-28-27-18(4)29(25)20-9-6-17(3)7-10-20/h6-11,14,16,24H,5,12-13,15H2,1-4H3,(H,26,30). The molecule has 0 saturated heterocycles. The van der Waals surface area contributed by atoms with E-state index in [4.69, 9.17) is 9.47 Å². The van der Waals surface area contributed by atoms with Crippen molar-refractivity contribution in [2.24, 2.45) is 5.92 Å². The van der Waals surface area contributed by atoms with Gasteiger partial charge in [-0.05, 0) is 49.6 Å². The molecule has 2 aromatic carbocycles. The summed E-state index contributed by atoms with van der Waals surface area (Å²) in [6.07, 6.45) is 0.859. The number of hydrogen-bond donors (Lipinski definition) is 1. The van der Waals surface area contributed by atoms with Gasteiger partial charge in [-0.25, -0.2) is 0 Å². The van der Waals surface area contributed by atoms with Crippen LogP contribution in [0.4, 0.5) is 0 Å². The largest absolute Gasteiger partial charge is 0.490 e. The van der Waals surface area contributed by atoms with Crippen molar-refractivity contribution >= 4 is 17.7 Å². The van der Waals surface area contributed by atoms with E-state index in [1.54, 1.807) is 0 Å². The molecule has 174 valence electrons. The molecule has 4 rings (SSSR count). The van der Waals surface area contributed by atoms with Crippen LogP contribution in [0.25, 0.3) is 5.69 Å². The van der Waals surface area contributed by atoms with Crippen molar-refractivity contribution in [3.05, 3.63) is 59.4 Å². The minimum atomic E-state index is -0.132. The zero-order valence-corrected chi connectivity index (χ0v) is 20.3. The number of nitrogens with one attached hydrogen (secondary N) is 1. The Morgan fingerprint density at radius 3 is 2.52 bits per heavy atom. The van der Waals surface area contributed by atoms with Crippen LogP contribution in [0.15, 0.2) is 47.6 Å². The summed E-state index contributed by atoms with van der Waals surface area (Å²) in [5.74, 6) is 2.68. The molecule has 0 bridgehead atoms. The van der Waals surface area contributed by atoms with Crippen molar-refractivity contribution < 1.29 is 14.3 Å². The topological polar surface area (TPSA) is 78.3 Å². The number of carbonyl (C=O) groups is 1. The number of rotatable bonds is 7. The highest BCUT2D eigenvalue weighted by molar-refractivity contribution is 7.99. The van der Waals surface area contributed by atoms with Crippen LogP contribution in [-0.4, -0.2) is 39.6 Å². The van der Waals surface area contributed by atoms with Crippen LogP contribution in [0.3, 0.4) is 0 Å². The number of benzene rings is 2. The molecule has 1 atom stereocenters. The monoisotopic (exact) mass is 466 g/mol. The summed E-state index contributed by atoms with van der Waals surface area (Å²) in [7, 11) is 0. The zero-order valence-electron chi connectivity index (χ0n) is 19.5. The van der Waals surface area contributed by atoms with Crippen LogP contribution < -0.4 is 14.8 Å². The lowest BCUT2D eigenvalue weighted by molar-refractivity contribution is -0.119. The highest BCUT2D eigenvalue weighted by Gasteiger charge is 2.22. The summed E-state index contributed by atoms with van der Waals surface area (Å²) in [6.45, 7) is 9.44. The van der Waals surface area contributed by atoms with E-state index >= 15 is 0 Å². The van der Waals surface area contributed by atoms with Gasteiger partial charge < -0.3 is 14.8 Å². The Labute approximate surface area is 198 Å². The average Bonchev–Trinajstić information content (AvgIpc) is 3.01. The van der Waals surface area contributed by atoms with Crippen LogP contribution in [0, 0.1) is 19.8 Å². The van der Waals surface area contributed by atoms with Gasteiger partial charge in [0.2, 0.25) is 5.91 Å². The fraction of sp³-hybridized carbons (Fsp3) is 0.400. The third-order valence-corrected chi connectivity index (χ3v) is 6.46. The van der Waals surface area contributed by atoms with Crippen molar-refractivity contribution in [1.29, 1.82) is 0 Å². The Morgan fingerprint density at radius 2 is 1.79 bits per heavy atom. The molecule has 2 heterocycles. The molecule has 7 nitrogen and oxygen atoms in total. The second-order valence-corrected chi connectivity index (χ2v) is 9.48. The normalized spacial score (nSPS) is 14.1. The predicted molar refractivity (Wildman–Crippen MR) is 129 cm³/mol. The summed E-state index contributed by atoms with van der Waals surface area (Å²) in [4.78, 5) is 12.9. The minimum absolute atomic E-state index is 0.0538. The molecule has 0 fully saturated rings.